The molecule has 2 amide bonds. The Hall–Kier alpha value is -3.29. The van der Waals surface area contributed by atoms with Crippen LogP contribution in [0.15, 0.2) is 67.0 Å². The van der Waals surface area contributed by atoms with E-state index in [0.29, 0.717) is 22.4 Å². The lowest BCUT2D eigenvalue weighted by Gasteiger charge is -2.28. The smallest absolute Gasteiger partial charge is 0.255 e. The number of carbonyl (C=O) groups is 2. The summed E-state index contributed by atoms with van der Waals surface area (Å²) < 4.78 is 14.3. The van der Waals surface area contributed by atoms with Crippen LogP contribution in [0, 0.1) is 5.82 Å². The fraction of sp³-hybridized carbons (Fsp3) is 0.208. The Morgan fingerprint density at radius 1 is 1.09 bits per heavy atom. The summed E-state index contributed by atoms with van der Waals surface area (Å²) in [6.45, 7) is 3.41. The van der Waals surface area contributed by atoms with Gasteiger partial charge in [0.25, 0.3) is 5.91 Å². The fourth-order valence-electron chi connectivity index (χ4n) is 3.30. The summed E-state index contributed by atoms with van der Waals surface area (Å²) in [6, 6.07) is 13.9. The molecule has 0 saturated carbocycles. The second kappa shape index (κ2) is 9.89. The summed E-state index contributed by atoms with van der Waals surface area (Å²) in [6.07, 6.45) is 3.18. The molecule has 0 fully saturated rings. The first kappa shape index (κ1) is 23.4. The average Bonchev–Trinajstić information content (AvgIpc) is 2.73. The van der Waals surface area contributed by atoms with Crippen LogP contribution < -0.4 is 16.4 Å². The van der Waals surface area contributed by atoms with Gasteiger partial charge in [-0.3, -0.25) is 14.6 Å². The van der Waals surface area contributed by atoms with Gasteiger partial charge in [0, 0.05) is 46.7 Å². The Labute approximate surface area is 191 Å². The molecule has 2 aromatic carbocycles. The molecule has 166 valence electrons. The Kier molecular flexibility index (Phi) is 7.22. The number of hydrogen-bond donors (Lipinski definition) is 3. The van der Waals surface area contributed by atoms with Gasteiger partial charge in [-0.1, -0.05) is 29.8 Å². The first-order chi connectivity index (χ1) is 15.2. The standard InChI is InChI=1S/C24H24ClFN4O2/c1-24(2,19-8-7-17(25)13-20(19)26)30-22(31)14-21(27)15-3-5-16(6-4-15)23(32)29-18-9-11-28-12-10-18/h3-13,21H,14,27H2,1-2H3,(H,30,31)(H,28,29,32). The van der Waals surface area contributed by atoms with E-state index in [9.17, 15) is 14.0 Å². The number of anilines is 1. The van der Waals surface area contributed by atoms with E-state index >= 15 is 0 Å². The van der Waals surface area contributed by atoms with E-state index in [2.05, 4.69) is 15.6 Å². The third-order valence-electron chi connectivity index (χ3n) is 5.00. The number of hydrogen-bond acceptors (Lipinski definition) is 4. The number of nitrogens with two attached hydrogens (primary N) is 1. The van der Waals surface area contributed by atoms with Gasteiger partial charge in [0.2, 0.25) is 5.91 Å². The number of benzene rings is 2. The van der Waals surface area contributed by atoms with Gasteiger partial charge in [-0.15, -0.1) is 0 Å². The van der Waals surface area contributed by atoms with Crippen molar-refractivity contribution in [2.45, 2.75) is 31.8 Å². The number of rotatable bonds is 7. The molecule has 0 aliphatic carbocycles. The van der Waals surface area contributed by atoms with E-state index in [4.69, 9.17) is 17.3 Å². The molecule has 0 aliphatic heterocycles. The van der Waals surface area contributed by atoms with Gasteiger partial charge < -0.3 is 16.4 Å². The van der Waals surface area contributed by atoms with E-state index in [-0.39, 0.29) is 23.3 Å². The number of nitrogens with one attached hydrogen (secondary N) is 2. The maximum Gasteiger partial charge on any atom is 0.255 e. The highest BCUT2D eigenvalue weighted by molar-refractivity contribution is 6.30. The van der Waals surface area contributed by atoms with Gasteiger partial charge in [0.15, 0.2) is 0 Å². The lowest BCUT2D eigenvalue weighted by Crippen LogP contribution is -2.42. The maximum atomic E-state index is 14.3. The van der Waals surface area contributed by atoms with Crippen LogP contribution in [0.1, 0.15) is 47.8 Å². The van der Waals surface area contributed by atoms with Crippen LogP contribution in [-0.2, 0) is 10.3 Å². The molecule has 1 aromatic heterocycles. The summed E-state index contributed by atoms with van der Waals surface area (Å²) in [4.78, 5) is 28.8. The minimum Gasteiger partial charge on any atom is -0.347 e. The van der Waals surface area contributed by atoms with E-state index in [1.54, 1.807) is 74.8 Å². The van der Waals surface area contributed by atoms with Crippen molar-refractivity contribution < 1.29 is 14.0 Å². The number of pyridine rings is 1. The normalized spacial score (nSPS) is 12.2. The highest BCUT2D eigenvalue weighted by atomic mass is 35.5. The molecule has 4 N–H and O–H groups in total. The minimum absolute atomic E-state index is 0.00119. The number of aromatic nitrogens is 1. The molecule has 0 aliphatic rings. The quantitative estimate of drug-likeness (QED) is 0.487. The van der Waals surface area contributed by atoms with Crippen LogP contribution >= 0.6 is 11.6 Å². The minimum atomic E-state index is -0.944. The van der Waals surface area contributed by atoms with Crippen molar-refractivity contribution in [3.63, 3.8) is 0 Å². The molecule has 0 saturated heterocycles. The molecule has 1 heterocycles. The topological polar surface area (TPSA) is 97.1 Å². The lowest BCUT2D eigenvalue weighted by atomic mass is 9.93. The Bertz CT molecular complexity index is 1100. The van der Waals surface area contributed by atoms with E-state index in [1.165, 1.54) is 6.07 Å². The van der Waals surface area contributed by atoms with Crippen molar-refractivity contribution in [2.75, 3.05) is 5.32 Å². The maximum absolute atomic E-state index is 14.3. The predicted molar refractivity (Wildman–Crippen MR) is 123 cm³/mol. The fourth-order valence-corrected chi connectivity index (χ4v) is 3.46. The summed E-state index contributed by atoms with van der Waals surface area (Å²) in [7, 11) is 0. The monoisotopic (exact) mass is 454 g/mol. The number of amides is 2. The molecule has 3 aromatic rings. The number of carbonyl (C=O) groups excluding carboxylic acids is 2. The zero-order chi connectivity index (χ0) is 23.3. The zero-order valence-corrected chi connectivity index (χ0v) is 18.5. The van der Waals surface area contributed by atoms with Gasteiger partial charge in [-0.05, 0) is 55.8 Å². The molecular formula is C24H24ClFN4O2. The second-order valence-electron chi connectivity index (χ2n) is 7.92. The van der Waals surface area contributed by atoms with Crippen LogP contribution in [0.3, 0.4) is 0 Å². The lowest BCUT2D eigenvalue weighted by molar-refractivity contribution is -0.123. The SMILES string of the molecule is CC(C)(NC(=O)CC(N)c1ccc(C(=O)Nc2ccncc2)cc1)c1ccc(Cl)cc1F. The third-order valence-corrected chi connectivity index (χ3v) is 5.24. The van der Waals surface area contributed by atoms with E-state index in [0.717, 1.165) is 0 Å². The van der Waals surface area contributed by atoms with Crippen molar-refractivity contribution >= 4 is 29.1 Å². The predicted octanol–water partition coefficient (Wildman–Crippen LogP) is 4.57. The van der Waals surface area contributed by atoms with E-state index in [1.807, 2.05) is 0 Å². The molecule has 0 bridgehead atoms. The number of nitrogens with zero attached hydrogens (tertiary/aromatic N) is 1. The molecule has 0 spiro atoms. The highest BCUT2D eigenvalue weighted by Crippen LogP contribution is 2.26. The first-order valence-corrected chi connectivity index (χ1v) is 10.4. The first-order valence-electron chi connectivity index (χ1n) is 9.99. The van der Waals surface area contributed by atoms with Gasteiger partial charge in [0.05, 0.1) is 5.54 Å². The van der Waals surface area contributed by atoms with Gasteiger partial charge in [-0.2, -0.15) is 0 Å². The van der Waals surface area contributed by atoms with Crippen molar-refractivity contribution in [3.05, 3.63) is 94.5 Å². The average molecular weight is 455 g/mol. The Morgan fingerprint density at radius 2 is 1.75 bits per heavy atom. The molecule has 6 nitrogen and oxygen atoms in total. The summed E-state index contributed by atoms with van der Waals surface area (Å²) >= 11 is 5.81. The van der Waals surface area contributed by atoms with E-state index < -0.39 is 17.4 Å². The summed E-state index contributed by atoms with van der Waals surface area (Å²) in [5, 5.41) is 5.88. The molecule has 1 unspecified atom stereocenters. The summed E-state index contributed by atoms with van der Waals surface area (Å²) in [5.74, 6) is -1.08. The molecule has 3 rings (SSSR count). The van der Waals surface area contributed by atoms with Crippen molar-refractivity contribution in [1.82, 2.24) is 10.3 Å². The molecule has 32 heavy (non-hydrogen) atoms. The van der Waals surface area contributed by atoms with Gasteiger partial charge >= 0.3 is 0 Å². The van der Waals surface area contributed by atoms with Crippen LogP contribution in [0.25, 0.3) is 0 Å². The Morgan fingerprint density at radius 3 is 2.38 bits per heavy atom. The van der Waals surface area contributed by atoms with Crippen molar-refractivity contribution in [1.29, 1.82) is 0 Å². The molecule has 1 atom stereocenters. The van der Waals surface area contributed by atoms with Crippen molar-refractivity contribution in [2.24, 2.45) is 5.73 Å². The number of halogens is 2. The molecule has 0 radical (unpaired) electrons. The van der Waals surface area contributed by atoms with Crippen molar-refractivity contribution in [3.8, 4) is 0 Å². The molecule has 8 heteroatoms. The third kappa shape index (κ3) is 5.90. The van der Waals surface area contributed by atoms with Gasteiger partial charge in [0.1, 0.15) is 5.82 Å². The zero-order valence-electron chi connectivity index (χ0n) is 17.7. The second-order valence-corrected chi connectivity index (χ2v) is 8.36. The highest BCUT2D eigenvalue weighted by Gasteiger charge is 2.27. The van der Waals surface area contributed by atoms with Crippen LogP contribution in [0.2, 0.25) is 5.02 Å². The summed E-state index contributed by atoms with van der Waals surface area (Å²) in [5.41, 5.74) is 7.38. The molecular weight excluding hydrogens is 431 g/mol. The largest absolute Gasteiger partial charge is 0.347 e. The van der Waals surface area contributed by atoms with Gasteiger partial charge in [-0.25, -0.2) is 4.39 Å². The van der Waals surface area contributed by atoms with Crippen LogP contribution in [0.5, 0.6) is 0 Å². The van der Waals surface area contributed by atoms with Crippen LogP contribution in [-0.4, -0.2) is 16.8 Å². The Balaban J connectivity index is 1.60. The van der Waals surface area contributed by atoms with Crippen LogP contribution in [0.4, 0.5) is 10.1 Å².